The summed E-state index contributed by atoms with van der Waals surface area (Å²) in [6.45, 7) is 15.7. The molecule has 0 radical (unpaired) electrons. The van der Waals surface area contributed by atoms with Crippen LogP contribution in [0.3, 0.4) is 0 Å². The molecular weight excluding hydrogens is 440 g/mol. The molecule has 0 saturated heterocycles. The van der Waals surface area contributed by atoms with Crippen LogP contribution in [0.15, 0.2) is 34.1 Å². The molecule has 0 amide bonds. The Morgan fingerprint density at radius 2 is 1.41 bits per heavy atom. The SMILES string of the molecule is CCN(CC)CCCc1cc2c(c(CCCN(CC)CC)c1CO)Cc1cc(CO)ccc1S2. The summed E-state index contributed by atoms with van der Waals surface area (Å²) in [5.41, 5.74) is 7.53. The Balaban J connectivity index is 1.92. The van der Waals surface area contributed by atoms with E-state index >= 15 is 0 Å². The fourth-order valence-electron chi connectivity index (χ4n) is 5.19. The highest BCUT2D eigenvalue weighted by atomic mass is 32.2. The van der Waals surface area contributed by atoms with Crippen molar-refractivity contribution in [3.05, 3.63) is 57.6 Å². The molecule has 4 nitrogen and oxygen atoms in total. The van der Waals surface area contributed by atoms with Crippen LogP contribution in [-0.4, -0.2) is 59.3 Å². The monoisotopic (exact) mass is 484 g/mol. The molecule has 34 heavy (non-hydrogen) atoms. The molecule has 0 spiro atoms. The van der Waals surface area contributed by atoms with Gasteiger partial charge in [-0.2, -0.15) is 0 Å². The van der Waals surface area contributed by atoms with Crippen LogP contribution in [-0.2, 0) is 32.5 Å². The second-order valence-corrected chi connectivity index (χ2v) is 10.4. The predicted molar refractivity (Wildman–Crippen MR) is 144 cm³/mol. The van der Waals surface area contributed by atoms with E-state index in [0.717, 1.165) is 76.9 Å². The van der Waals surface area contributed by atoms with Crippen molar-refractivity contribution >= 4 is 11.8 Å². The number of nitrogens with zero attached hydrogens (tertiary/aromatic N) is 2. The molecule has 0 aliphatic carbocycles. The smallest absolute Gasteiger partial charge is 0.0687 e. The Labute approximate surface area is 211 Å². The molecule has 5 heteroatoms. The fourth-order valence-corrected chi connectivity index (χ4v) is 6.35. The largest absolute Gasteiger partial charge is 0.392 e. The van der Waals surface area contributed by atoms with E-state index in [1.165, 1.54) is 37.6 Å². The Kier molecular flexibility index (Phi) is 10.9. The highest BCUT2D eigenvalue weighted by Crippen LogP contribution is 2.43. The Morgan fingerprint density at radius 3 is 2.00 bits per heavy atom. The quantitative estimate of drug-likeness (QED) is 0.326. The zero-order valence-electron chi connectivity index (χ0n) is 21.7. The van der Waals surface area contributed by atoms with E-state index < -0.39 is 0 Å². The number of fused-ring (bicyclic) bond motifs is 2. The maximum atomic E-state index is 10.5. The van der Waals surface area contributed by atoms with Crippen LogP contribution in [0.2, 0.25) is 0 Å². The zero-order chi connectivity index (χ0) is 24.5. The zero-order valence-corrected chi connectivity index (χ0v) is 22.5. The van der Waals surface area contributed by atoms with Gasteiger partial charge in [-0.3, -0.25) is 0 Å². The molecule has 0 saturated carbocycles. The highest BCUT2D eigenvalue weighted by molar-refractivity contribution is 7.99. The van der Waals surface area contributed by atoms with Gasteiger partial charge >= 0.3 is 0 Å². The van der Waals surface area contributed by atoms with Crippen molar-refractivity contribution in [3.8, 4) is 0 Å². The molecule has 1 aliphatic rings. The average Bonchev–Trinajstić information content (AvgIpc) is 2.87. The number of aryl methyl sites for hydroxylation is 1. The lowest BCUT2D eigenvalue weighted by atomic mass is 9.87. The molecule has 2 aromatic rings. The van der Waals surface area contributed by atoms with E-state index in [0.29, 0.717) is 0 Å². The third-order valence-electron chi connectivity index (χ3n) is 7.38. The third-order valence-corrected chi connectivity index (χ3v) is 8.58. The second-order valence-electron chi connectivity index (χ2n) is 9.27. The predicted octanol–water partition coefficient (Wildman–Crippen LogP) is 5.28. The van der Waals surface area contributed by atoms with E-state index in [9.17, 15) is 10.2 Å². The van der Waals surface area contributed by atoms with Gasteiger partial charge in [0, 0.05) is 9.79 Å². The maximum absolute atomic E-state index is 10.5. The van der Waals surface area contributed by atoms with Gasteiger partial charge in [0.1, 0.15) is 0 Å². The van der Waals surface area contributed by atoms with Gasteiger partial charge in [0.25, 0.3) is 0 Å². The van der Waals surface area contributed by atoms with Gasteiger partial charge < -0.3 is 20.0 Å². The average molecular weight is 485 g/mol. The minimum atomic E-state index is 0.0783. The molecule has 2 N–H and O–H groups in total. The van der Waals surface area contributed by atoms with Crippen molar-refractivity contribution in [3.63, 3.8) is 0 Å². The van der Waals surface area contributed by atoms with Crippen molar-refractivity contribution in [2.45, 2.75) is 82.8 Å². The lowest BCUT2D eigenvalue weighted by Crippen LogP contribution is -2.25. The number of aliphatic hydroxyl groups is 2. The summed E-state index contributed by atoms with van der Waals surface area (Å²) in [4.78, 5) is 7.62. The number of aliphatic hydroxyl groups excluding tert-OH is 2. The van der Waals surface area contributed by atoms with E-state index in [1.54, 1.807) is 0 Å². The molecule has 188 valence electrons. The summed E-state index contributed by atoms with van der Waals surface area (Å²) < 4.78 is 0. The number of rotatable bonds is 14. The van der Waals surface area contributed by atoms with Crippen LogP contribution in [0.4, 0.5) is 0 Å². The van der Waals surface area contributed by atoms with E-state index in [4.69, 9.17) is 0 Å². The fraction of sp³-hybridized carbons (Fsp3) is 0.586. The summed E-state index contributed by atoms with van der Waals surface area (Å²) >= 11 is 1.86. The summed E-state index contributed by atoms with van der Waals surface area (Å²) in [5, 5.41) is 20.2. The molecule has 0 atom stereocenters. The van der Waals surface area contributed by atoms with Crippen molar-refractivity contribution in [2.24, 2.45) is 0 Å². The first-order valence-electron chi connectivity index (χ1n) is 13.2. The van der Waals surface area contributed by atoms with Crippen molar-refractivity contribution in [2.75, 3.05) is 39.3 Å². The van der Waals surface area contributed by atoms with Crippen LogP contribution in [0.25, 0.3) is 0 Å². The highest BCUT2D eigenvalue weighted by Gasteiger charge is 2.23. The van der Waals surface area contributed by atoms with Crippen LogP contribution in [0, 0.1) is 0 Å². The van der Waals surface area contributed by atoms with E-state index in [2.05, 4.69) is 55.7 Å². The van der Waals surface area contributed by atoms with E-state index in [1.807, 2.05) is 17.8 Å². The van der Waals surface area contributed by atoms with Crippen LogP contribution < -0.4 is 0 Å². The number of benzene rings is 2. The molecular formula is C29H44N2O2S. The maximum Gasteiger partial charge on any atom is 0.0687 e. The first-order chi connectivity index (χ1) is 16.6. The van der Waals surface area contributed by atoms with Crippen LogP contribution in [0.1, 0.15) is 73.9 Å². The molecule has 0 bridgehead atoms. The van der Waals surface area contributed by atoms with Gasteiger partial charge in [0.2, 0.25) is 0 Å². The summed E-state index contributed by atoms with van der Waals surface area (Å²) in [6.07, 6.45) is 5.14. The Hall–Kier alpha value is -1.37. The van der Waals surface area contributed by atoms with Crippen LogP contribution >= 0.6 is 11.8 Å². The number of hydrogen-bond donors (Lipinski definition) is 2. The first-order valence-corrected chi connectivity index (χ1v) is 14.0. The minimum absolute atomic E-state index is 0.0783. The summed E-state index contributed by atoms with van der Waals surface area (Å²) in [6, 6.07) is 8.72. The molecule has 0 aromatic heterocycles. The second kappa shape index (κ2) is 13.6. The lowest BCUT2D eigenvalue weighted by Gasteiger charge is -2.27. The molecule has 3 rings (SSSR count). The van der Waals surface area contributed by atoms with Crippen molar-refractivity contribution < 1.29 is 10.2 Å². The van der Waals surface area contributed by atoms with Gasteiger partial charge in [0.15, 0.2) is 0 Å². The Bertz CT molecular complexity index is 923. The molecule has 0 fully saturated rings. The van der Waals surface area contributed by atoms with Gasteiger partial charge in [-0.1, -0.05) is 51.6 Å². The molecule has 1 heterocycles. The van der Waals surface area contributed by atoms with Gasteiger partial charge in [0.05, 0.1) is 13.2 Å². The molecule has 0 unspecified atom stereocenters. The summed E-state index contributed by atoms with van der Waals surface area (Å²) in [7, 11) is 0. The van der Waals surface area contributed by atoms with Crippen molar-refractivity contribution in [1.82, 2.24) is 9.80 Å². The van der Waals surface area contributed by atoms with Gasteiger partial charge in [-0.05, 0) is 117 Å². The lowest BCUT2D eigenvalue weighted by molar-refractivity contribution is 0.276. The minimum Gasteiger partial charge on any atom is -0.392 e. The summed E-state index contributed by atoms with van der Waals surface area (Å²) in [5.74, 6) is 0. The molecule has 2 aromatic carbocycles. The molecule has 1 aliphatic heterocycles. The van der Waals surface area contributed by atoms with Crippen molar-refractivity contribution in [1.29, 1.82) is 0 Å². The van der Waals surface area contributed by atoms with Gasteiger partial charge in [-0.15, -0.1) is 0 Å². The Morgan fingerprint density at radius 1 is 0.765 bits per heavy atom. The topological polar surface area (TPSA) is 46.9 Å². The van der Waals surface area contributed by atoms with Gasteiger partial charge in [-0.25, -0.2) is 0 Å². The van der Waals surface area contributed by atoms with Crippen LogP contribution in [0.5, 0.6) is 0 Å². The normalized spacial score (nSPS) is 12.9. The standard InChI is InChI=1S/C29H44N2O2S/c1-5-30(6-2)15-9-11-23-19-29-26(18-24-17-22(20-32)13-14-28(24)34-29)25(27(23)21-33)12-10-16-31(7-3)8-4/h13-14,17,19,32-33H,5-12,15-16,18,20-21H2,1-4H3. The van der Waals surface area contributed by atoms with E-state index in [-0.39, 0.29) is 13.2 Å². The number of hydrogen-bond acceptors (Lipinski definition) is 5. The first kappa shape index (κ1) is 27.2. The third kappa shape index (κ3) is 6.64.